The van der Waals surface area contributed by atoms with E-state index in [1.807, 2.05) is 0 Å². The van der Waals surface area contributed by atoms with E-state index in [2.05, 4.69) is 12.2 Å². The molecule has 9 heteroatoms. The molecule has 0 radical (unpaired) electrons. The minimum Gasteiger partial charge on any atom is -0.467 e. The van der Waals surface area contributed by atoms with Gasteiger partial charge in [0.2, 0.25) is 21.8 Å². The molecule has 0 bridgehead atoms. The Morgan fingerprint density at radius 3 is 2.75 bits per heavy atom. The van der Waals surface area contributed by atoms with Crippen LogP contribution in [-0.2, 0) is 31.6 Å². The first-order valence-corrected chi connectivity index (χ1v) is 12.3. The van der Waals surface area contributed by atoms with Crippen molar-refractivity contribution in [2.75, 3.05) is 24.5 Å². The van der Waals surface area contributed by atoms with Crippen LogP contribution in [0.2, 0.25) is 0 Å². The molecular formula is C23H29N3O5S. The monoisotopic (exact) mass is 459 g/mol. The van der Waals surface area contributed by atoms with E-state index in [-0.39, 0.29) is 29.8 Å². The van der Waals surface area contributed by atoms with E-state index >= 15 is 0 Å². The molecule has 172 valence electrons. The summed E-state index contributed by atoms with van der Waals surface area (Å²) >= 11 is 0. The fourth-order valence-electron chi connectivity index (χ4n) is 4.44. The van der Waals surface area contributed by atoms with E-state index in [0.717, 1.165) is 12.8 Å². The average Bonchev–Trinajstić information content (AvgIpc) is 3.34. The number of furan rings is 1. The summed E-state index contributed by atoms with van der Waals surface area (Å²) in [5.41, 5.74) is 0.253. The Kier molecular flexibility index (Phi) is 5.89. The largest absolute Gasteiger partial charge is 0.467 e. The van der Waals surface area contributed by atoms with Crippen LogP contribution in [0.1, 0.15) is 44.9 Å². The van der Waals surface area contributed by atoms with Crippen LogP contribution >= 0.6 is 0 Å². The molecule has 1 N–H and O–H groups in total. The molecule has 2 aliphatic rings. The van der Waals surface area contributed by atoms with E-state index in [1.165, 1.54) is 21.5 Å². The number of nitrogens with one attached hydrogen (secondary N) is 1. The number of fused-ring (bicyclic) bond motifs is 1. The first-order valence-electron chi connectivity index (χ1n) is 10.9. The number of piperidine rings is 1. The fourth-order valence-corrected chi connectivity index (χ4v) is 6.07. The second-order valence-electron chi connectivity index (χ2n) is 9.16. The number of hydrogen-bond donors (Lipinski definition) is 1. The minimum atomic E-state index is -3.64. The molecule has 0 aliphatic carbocycles. The van der Waals surface area contributed by atoms with Gasteiger partial charge < -0.3 is 14.6 Å². The second-order valence-corrected chi connectivity index (χ2v) is 11.1. The molecule has 1 atom stereocenters. The highest BCUT2D eigenvalue weighted by molar-refractivity contribution is 7.89. The molecule has 2 aromatic rings. The summed E-state index contributed by atoms with van der Waals surface area (Å²) in [6.45, 7) is 6.67. The van der Waals surface area contributed by atoms with Gasteiger partial charge in [-0.1, -0.05) is 6.92 Å². The summed E-state index contributed by atoms with van der Waals surface area (Å²) < 4.78 is 33.2. The third-order valence-corrected chi connectivity index (χ3v) is 8.17. The lowest BCUT2D eigenvalue weighted by Crippen LogP contribution is -2.42. The number of carbonyl (C=O) groups is 2. The minimum absolute atomic E-state index is 0.147. The van der Waals surface area contributed by atoms with Crippen LogP contribution in [-0.4, -0.2) is 44.2 Å². The van der Waals surface area contributed by atoms with Gasteiger partial charge in [0.1, 0.15) is 12.3 Å². The van der Waals surface area contributed by atoms with Gasteiger partial charge in [0.05, 0.1) is 23.1 Å². The Balaban J connectivity index is 1.57. The molecular weight excluding hydrogens is 430 g/mol. The molecule has 1 saturated heterocycles. The van der Waals surface area contributed by atoms with Crippen LogP contribution in [0.25, 0.3) is 0 Å². The van der Waals surface area contributed by atoms with Crippen molar-refractivity contribution in [3.8, 4) is 0 Å². The predicted octanol–water partition coefficient (Wildman–Crippen LogP) is 2.64. The number of nitrogens with zero attached hydrogens (tertiary/aromatic N) is 2. The number of sulfonamides is 1. The van der Waals surface area contributed by atoms with Crippen molar-refractivity contribution >= 4 is 27.5 Å². The highest BCUT2D eigenvalue weighted by Crippen LogP contribution is 2.42. The summed E-state index contributed by atoms with van der Waals surface area (Å²) in [5.74, 6) is 0.383. The van der Waals surface area contributed by atoms with Crippen LogP contribution in [0, 0.1) is 5.92 Å². The zero-order valence-electron chi connectivity index (χ0n) is 18.6. The zero-order chi connectivity index (χ0) is 23.1. The van der Waals surface area contributed by atoms with Gasteiger partial charge in [0.15, 0.2) is 0 Å². The third-order valence-electron chi connectivity index (χ3n) is 6.31. The van der Waals surface area contributed by atoms with Crippen molar-refractivity contribution < 1.29 is 22.4 Å². The maximum Gasteiger partial charge on any atom is 0.243 e. The second kappa shape index (κ2) is 8.37. The maximum atomic E-state index is 13.2. The Morgan fingerprint density at radius 1 is 1.28 bits per heavy atom. The highest BCUT2D eigenvalue weighted by Gasteiger charge is 2.45. The molecule has 0 spiro atoms. The summed E-state index contributed by atoms with van der Waals surface area (Å²) in [7, 11) is -3.64. The Bertz CT molecular complexity index is 1120. The SMILES string of the molecule is C[C@H]1CCCN(S(=O)(=O)c2ccc3c(c2)C(C)(C)C(=O)N3CC(=O)NCc2ccco2)C1. The predicted molar refractivity (Wildman–Crippen MR) is 120 cm³/mol. The number of hydrogen-bond acceptors (Lipinski definition) is 5. The third kappa shape index (κ3) is 4.06. The van der Waals surface area contributed by atoms with E-state index in [9.17, 15) is 18.0 Å². The number of amides is 2. The van der Waals surface area contributed by atoms with Crippen LogP contribution in [0.15, 0.2) is 45.9 Å². The first-order chi connectivity index (χ1) is 15.1. The summed E-state index contributed by atoms with van der Waals surface area (Å²) in [4.78, 5) is 27.2. The Labute approximate surface area is 188 Å². The average molecular weight is 460 g/mol. The van der Waals surface area contributed by atoms with Gasteiger partial charge in [-0.2, -0.15) is 4.31 Å². The van der Waals surface area contributed by atoms with Gasteiger partial charge >= 0.3 is 0 Å². The molecule has 32 heavy (non-hydrogen) atoms. The summed E-state index contributed by atoms with van der Waals surface area (Å²) in [6.07, 6.45) is 3.39. The molecule has 1 fully saturated rings. The lowest BCUT2D eigenvalue weighted by atomic mass is 9.86. The molecule has 8 nitrogen and oxygen atoms in total. The van der Waals surface area contributed by atoms with Crippen molar-refractivity contribution in [2.24, 2.45) is 5.92 Å². The van der Waals surface area contributed by atoms with Crippen LogP contribution < -0.4 is 10.2 Å². The Hall–Kier alpha value is -2.65. The van der Waals surface area contributed by atoms with E-state index in [4.69, 9.17) is 4.42 Å². The normalized spacial score (nSPS) is 20.9. The van der Waals surface area contributed by atoms with Gasteiger partial charge in [-0.05, 0) is 68.5 Å². The van der Waals surface area contributed by atoms with E-state index < -0.39 is 15.4 Å². The van der Waals surface area contributed by atoms with Gasteiger partial charge in [0.25, 0.3) is 0 Å². The molecule has 1 aromatic heterocycles. The molecule has 3 heterocycles. The molecule has 2 aliphatic heterocycles. The van der Waals surface area contributed by atoms with Gasteiger partial charge in [-0.15, -0.1) is 0 Å². The maximum absolute atomic E-state index is 13.2. The Morgan fingerprint density at radius 2 is 2.06 bits per heavy atom. The standard InChI is InChI=1S/C23H29N3O5S/c1-16-6-4-10-25(14-16)32(29,30)18-8-9-20-19(12-18)23(2,3)22(28)26(20)15-21(27)24-13-17-7-5-11-31-17/h5,7-9,11-12,16H,4,6,10,13-15H2,1-3H3,(H,24,27)/t16-/m0/s1. The highest BCUT2D eigenvalue weighted by atomic mass is 32.2. The lowest BCUT2D eigenvalue weighted by molar-refractivity contribution is -0.125. The summed E-state index contributed by atoms with van der Waals surface area (Å²) in [6, 6.07) is 8.27. The van der Waals surface area contributed by atoms with E-state index in [1.54, 1.807) is 38.1 Å². The topological polar surface area (TPSA) is 99.9 Å². The van der Waals surface area contributed by atoms with Crippen molar-refractivity contribution in [3.63, 3.8) is 0 Å². The number of carbonyl (C=O) groups excluding carboxylic acids is 2. The van der Waals surface area contributed by atoms with Gasteiger partial charge in [-0.3, -0.25) is 9.59 Å². The van der Waals surface area contributed by atoms with Crippen molar-refractivity contribution in [1.29, 1.82) is 0 Å². The van der Waals surface area contributed by atoms with Crippen LogP contribution in [0.5, 0.6) is 0 Å². The van der Waals surface area contributed by atoms with Gasteiger partial charge in [0, 0.05) is 18.8 Å². The fraction of sp³-hybridized carbons (Fsp3) is 0.478. The number of anilines is 1. The molecule has 2 amide bonds. The number of rotatable bonds is 6. The molecule has 0 unspecified atom stereocenters. The van der Waals surface area contributed by atoms with Crippen molar-refractivity contribution in [3.05, 3.63) is 47.9 Å². The van der Waals surface area contributed by atoms with Crippen LogP contribution in [0.3, 0.4) is 0 Å². The zero-order valence-corrected chi connectivity index (χ0v) is 19.4. The summed E-state index contributed by atoms with van der Waals surface area (Å²) in [5, 5.41) is 2.74. The van der Waals surface area contributed by atoms with Crippen molar-refractivity contribution in [1.82, 2.24) is 9.62 Å². The number of benzene rings is 1. The molecule has 0 saturated carbocycles. The molecule has 4 rings (SSSR count). The smallest absolute Gasteiger partial charge is 0.243 e. The van der Waals surface area contributed by atoms with Crippen molar-refractivity contribution in [2.45, 2.75) is 50.5 Å². The van der Waals surface area contributed by atoms with Crippen LogP contribution in [0.4, 0.5) is 5.69 Å². The van der Waals surface area contributed by atoms with Gasteiger partial charge in [-0.25, -0.2) is 8.42 Å². The first kappa shape index (κ1) is 22.5. The van der Waals surface area contributed by atoms with E-state index in [0.29, 0.717) is 36.0 Å². The lowest BCUT2D eigenvalue weighted by Gasteiger charge is -2.30. The molecule has 1 aromatic carbocycles. The quantitative estimate of drug-likeness (QED) is 0.716.